The summed E-state index contributed by atoms with van der Waals surface area (Å²) in [6.07, 6.45) is 1.73. The summed E-state index contributed by atoms with van der Waals surface area (Å²) in [6.45, 7) is 3.74. The van der Waals surface area contributed by atoms with Crippen LogP contribution in [0.3, 0.4) is 0 Å². The Kier molecular flexibility index (Phi) is 5.31. The minimum Gasteiger partial charge on any atom is -0.446 e. The number of sulfonamides is 1. The van der Waals surface area contributed by atoms with Gasteiger partial charge in [0.05, 0.1) is 17.1 Å². The van der Waals surface area contributed by atoms with E-state index in [1.807, 2.05) is 13.8 Å². The van der Waals surface area contributed by atoms with Gasteiger partial charge in [0.2, 0.25) is 10.0 Å². The lowest BCUT2D eigenvalue weighted by atomic mass is 10.0. The lowest BCUT2D eigenvalue weighted by Crippen LogP contribution is -2.33. The summed E-state index contributed by atoms with van der Waals surface area (Å²) < 4.78 is 45.4. The molecule has 0 radical (unpaired) electrons. The van der Waals surface area contributed by atoms with Crippen LogP contribution in [0.15, 0.2) is 18.2 Å². The maximum absolute atomic E-state index is 14.4. The van der Waals surface area contributed by atoms with Crippen molar-refractivity contribution in [2.45, 2.75) is 56.9 Å². The summed E-state index contributed by atoms with van der Waals surface area (Å²) >= 11 is 0. The van der Waals surface area contributed by atoms with Crippen molar-refractivity contribution >= 4 is 33.3 Å². The molecular formula is C19H24FN5O4S. The fraction of sp³-hybridized carbons (Fsp3) is 0.474. The third kappa shape index (κ3) is 4.50. The number of amides is 1. The van der Waals surface area contributed by atoms with Crippen LogP contribution in [0.5, 0.6) is 0 Å². The van der Waals surface area contributed by atoms with Gasteiger partial charge in [-0.05, 0) is 44.7 Å². The van der Waals surface area contributed by atoms with Crippen LogP contribution < -0.4 is 15.4 Å². The second-order valence-electron chi connectivity index (χ2n) is 8.02. The monoisotopic (exact) mass is 437 g/mol. The number of H-pyrrole nitrogens is 1. The molecule has 0 spiro atoms. The fourth-order valence-electron chi connectivity index (χ4n) is 3.84. The Labute approximate surface area is 173 Å². The zero-order valence-corrected chi connectivity index (χ0v) is 17.5. The van der Waals surface area contributed by atoms with Crippen LogP contribution in [0.25, 0.3) is 0 Å². The highest BCUT2D eigenvalue weighted by atomic mass is 32.2. The summed E-state index contributed by atoms with van der Waals surface area (Å²) in [5, 5.41) is 12.8. The highest BCUT2D eigenvalue weighted by Gasteiger charge is 2.30. The van der Waals surface area contributed by atoms with Crippen molar-refractivity contribution in [2.24, 2.45) is 0 Å². The predicted molar refractivity (Wildman–Crippen MR) is 110 cm³/mol. The van der Waals surface area contributed by atoms with E-state index >= 15 is 0 Å². The van der Waals surface area contributed by atoms with E-state index in [2.05, 4.69) is 25.6 Å². The molecule has 1 saturated carbocycles. The molecule has 2 aliphatic rings. The molecule has 11 heteroatoms. The second kappa shape index (κ2) is 7.78. The third-order valence-corrected chi connectivity index (χ3v) is 6.39. The molecule has 1 aromatic heterocycles. The highest BCUT2D eigenvalue weighted by molar-refractivity contribution is 7.92. The molecule has 0 saturated heterocycles. The number of hydrogen-bond acceptors (Lipinski definition) is 6. The number of hydrogen-bond donors (Lipinski definition) is 4. The van der Waals surface area contributed by atoms with Crippen molar-refractivity contribution in [2.75, 3.05) is 10.0 Å². The Morgan fingerprint density at radius 1 is 1.30 bits per heavy atom. The predicted octanol–water partition coefficient (Wildman–Crippen LogP) is 3.32. The van der Waals surface area contributed by atoms with E-state index in [0.29, 0.717) is 17.8 Å². The molecule has 9 nitrogen and oxygen atoms in total. The molecular weight excluding hydrogens is 413 g/mol. The molecule has 0 bridgehead atoms. The number of carbonyl (C=O) groups excluding carboxylic acids is 1. The van der Waals surface area contributed by atoms with Crippen LogP contribution in [0.2, 0.25) is 0 Å². The lowest BCUT2D eigenvalue weighted by Gasteiger charge is -2.14. The van der Waals surface area contributed by atoms with Crippen LogP contribution in [-0.2, 0) is 20.5 Å². The van der Waals surface area contributed by atoms with E-state index in [-0.39, 0.29) is 35.2 Å². The van der Waals surface area contributed by atoms with Gasteiger partial charge in [0.15, 0.2) is 5.82 Å². The topological polar surface area (TPSA) is 125 Å². The van der Waals surface area contributed by atoms with Crippen LogP contribution in [0, 0.1) is 5.82 Å². The Bertz CT molecular complexity index is 1070. The number of anilines is 3. The van der Waals surface area contributed by atoms with E-state index in [4.69, 9.17) is 4.74 Å². The summed E-state index contributed by atoms with van der Waals surface area (Å²) in [6, 6.07) is 4.45. The average molecular weight is 437 g/mol. The molecule has 30 heavy (non-hydrogen) atoms. The molecule has 2 atom stereocenters. The van der Waals surface area contributed by atoms with E-state index in [1.165, 1.54) is 6.07 Å². The molecule has 4 rings (SSSR count). The zero-order chi connectivity index (χ0) is 21.5. The number of nitrogens with one attached hydrogen (secondary N) is 4. The lowest BCUT2D eigenvalue weighted by molar-refractivity contribution is 0.0981. The van der Waals surface area contributed by atoms with Crippen molar-refractivity contribution in [3.05, 3.63) is 35.3 Å². The van der Waals surface area contributed by atoms with Crippen molar-refractivity contribution in [3.8, 4) is 0 Å². The normalized spacial score (nSPS) is 21.9. The molecule has 0 unspecified atom stereocenters. The number of aromatic nitrogens is 2. The van der Waals surface area contributed by atoms with Gasteiger partial charge in [-0.25, -0.2) is 17.6 Å². The molecule has 1 fully saturated rings. The number of aromatic amines is 1. The van der Waals surface area contributed by atoms with Crippen LogP contribution in [-0.4, -0.2) is 36.9 Å². The number of halogens is 1. The van der Waals surface area contributed by atoms with E-state index in [9.17, 15) is 17.6 Å². The van der Waals surface area contributed by atoms with Crippen LogP contribution >= 0.6 is 0 Å². The van der Waals surface area contributed by atoms with Gasteiger partial charge < -0.3 is 15.4 Å². The Morgan fingerprint density at radius 3 is 2.87 bits per heavy atom. The average Bonchev–Trinajstić information content (AvgIpc) is 3.32. The maximum Gasteiger partial charge on any atom is 0.407 e. The standard InChI is InChI=1S/C19H24FN5O4S/c1-10(2)21-19(26)29-13-4-3-11(5-13)15-8-18(24-23-15)22-17-6-12-9-30(27,28)25-16(12)7-14(17)20/h6-8,10-11,13,25H,3-5,9H2,1-2H3,(H,21,26)(H2,22,23,24)/t11-,13+/m1/s1. The second-order valence-corrected chi connectivity index (χ2v) is 9.74. The van der Waals surface area contributed by atoms with Crippen molar-refractivity contribution < 1.29 is 22.3 Å². The molecule has 1 aliphatic carbocycles. The number of carbonyl (C=O) groups is 1. The fourth-order valence-corrected chi connectivity index (χ4v) is 5.08. The first-order valence-corrected chi connectivity index (χ1v) is 11.5. The quantitative estimate of drug-likeness (QED) is 0.569. The zero-order valence-electron chi connectivity index (χ0n) is 16.7. The van der Waals surface area contributed by atoms with Crippen molar-refractivity contribution in [3.63, 3.8) is 0 Å². The number of rotatable bonds is 5. The Balaban J connectivity index is 1.39. The van der Waals surface area contributed by atoms with Gasteiger partial charge in [-0.1, -0.05) is 0 Å². The van der Waals surface area contributed by atoms with Gasteiger partial charge in [0, 0.05) is 29.8 Å². The smallest absolute Gasteiger partial charge is 0.407 e. The summed E-state index contributed by atoms with van der Waals surface area (Å²) in [4.78, 5) is 11.8. The first-order chi connectivity index (χ1) is 14.2. The number of fused-ring (bicyclic) bond motifs is 1. The summed E-state index contributed by atoms with van der Waals surface area (Å²) in [5.74, 6) is -0.172. The van der Waals surface area contributed by atoms with E-state index in [1.54, 1.807) is 6.07 Å². The number of ether oxygens (including phenoxy) is 1. The first kappa shape index (κ1) is 20.5. The van der Waals surface area contributed by atoms with E-state index in [0.717, 1.165) is 24.6 Å². The minimum absolute atomic E-state index is 0.0199. The minimum atomic E-state index is -3.45. The molecule has 1 aliphatic heterocycles. The largest absolute Gasteiger partial charge is 0.446 e. The first-order valence-electron chi connectivity index (χ1n) is 9.81. The van der Waals surface area contributed by atoms with Gasteiger partial charge in [-0.3, -0.25) is 9.82 Å². The molecule has 162 valence electrons. The van der Waals surface area contributed by atoms with Crippen LogP contribution in [0.1, 0.15) is 50.3 Å². The van der Waals surface area contributed by atoms with Crippen LogP contribution in [0.4, 0.5) is 26.4 Å². The highest BCUT2D eigenvalue weighted by Crippen LogP contribution is 2.37. The molecule has 1 amide bonds. The number of alkyl carbamates (subject to hydrolysis) is 1. The Hall–Kier alpha value is -2.82. The molecule has 2 heterocycles. The van der Waals surface area contributed by atoms with Gasteiger partial charge in [-0.2, -0.15) is 5.10 Å². The third-order valence-electron chi connectivity index (χ3n) is 5.17. The van der Waals surface area contributed by atoms with Gasteiger partial charge in [-0.15, -0.1) is 0 Å². The van der Waals surface area contributed by atoms with Gasteiger partial charge in [0.1, 0.15) is 11.9 Å². The SMILES string of the molecule is CC(C)NC(=O)O[C@H]1CC[C@@H](c2cc(Nc3cc4c(cc3F)NS(=O)(=O)C4)n[nH]2)C1. The molecule has 1 aromatic carbocycles. The number of benzene rings is 1. The van der Waals surface area contributed by atoms with Crippen molar-refractivity contribution in [1.82, 2.24) is 15.5 Å². The van der Waals surface area contributed by atoms with Crippen molar-refractivity contribution in [1.29, 1.82) is 0 Å². The summed E-state index contributed by atoms with van der Waals surface area (Å²) in [7, 11) is -3.45. The van der Waals surface area contributed by atoms with E-state index < -0.39 is 21.9 Å². The molecule has 2 aromatic rings. The summed E-state index contributed by atoms with van der Waals surface area (Å²) in [5.41, 5.74) is 1.80. The van der Waals surface area contributed by atoms with Gasteiger partial charge in [0.25, 0.3) is 0 Å². The Morgan fingerprint density at radius 2 is 2.10 bits per heavy atom. The number of nitrogens with zero attached hydrogens (tertiary/aromatic N) is 1. The maximum atomic E-state index is 14.4. The van der Waals surface area contributed by atoms with Gasteiger partial charge >= 0.3 is 6.09 Å². The molecule has 4 N–H and O–H groups in total.